The molecular formula is C15H21N5O. The van der Waals surface area contributed by atoms with E-state index in [2.05, 4.69) is 22.2 Å². The van der Waals surface area contributed by atoms with Crippen LogP contribution in [0.3, 0.4) is 0 Å². The van der Waals surface area contributed by atoms with E-state index in [1.54, 1.807) is 4.90 Å². The summed E-state index contributed by atoms with van der Waals surface area (Å²) in [4.78, 5) is 20.8. The molecule has 6 heteroatoms. The van der Waals surface area contributed by atoms with Crippen molar-refractivity contribution in [3.05, 3.63) is 30.1 Å². The smallest absolute Gasteiger partial charge is 0.314 e. The molecule has 3 rings (SSSR count). The number of carbonyl (C=O) groups is 1. The molecule has 2 aromatic rings. The molecule has 1 atom stereocenters. The summed E-state index contributed by atoms with van der Waals surface area (Å²) in [5.74, 6) is 0.952. The van der Waals surface area contributed by atoms with E-state index >= 15 is 0 Å². The van der Waals surface area contributed by atoms with Crippen molar-refractivity contribution in [1.82, 2.24) is 20.2 Å². The molecule has 0 radical (unpaired) electrons. The van der Waals surface area contributed by atoms with Crippen LogP contribution in [-0.2, 0) is 0 Å². The Bertz CT molecular complexity index is 597. The SMILES string of the molecule is CC(NC1CCN(C(N)=O)CC1)c1nc2ccccc2[nH]1. The fourth-order valence-corrected chi connectivity index (χ4v) is 2.88. The van der Waals surface area contributed by atoms with Gasteiger partial charge in [0.15, 0.2) is 0 Å². The number of aromatic nitrogens is 2. The van der Waals surface area contributed by atoms with Crippen LogP contribution < -0.4 is 11.1 Å². The number of primary amides is 1. The molecule has 2 amide bonds. The second-order valence-corrected chi connectivity index (χ2v) is 5.63. The molecule has 1 saturated heterocycles. The number of nitrogens with one attached hydrogen (secondary N) is 2. The largest absolute Gasteiger partial charge is 0.351 e. The minimum atomic E-state index is -0.321. The number of nitrogens with zero attached hydrogens (tertiary/aromatic N) is 2. The van der Waals surface area contributed by atoms with Crippen LogP contribution in [0.4, 0.5) is 4.79 Å². The number of hydrogen-bond acceptors (Lipinski definition) is 3. The number of nitrogens with two attached hydrogens (primary N) is 1. The Hall–Kier alpha value is -2.08. The third-order valence-corrected chi connectivity index (χ3v) is 4.11. The van der Waals surface area contributed by atoms with Crippen LogP contribution in [0.25, 0.3) is 11.0 Å². The lowest BCUT2D eigenvalue weighted by molar-refractivity contribution is 0.182. The zero-order valence-electron chi connectivity index (χ0n) is 12.2. The van der Waals surface area contributed by atoms with Crippen molar-refractivity contribution >= 4 is 17.1 Å². The van der Waals surface area contributed by atoms with E-state index in [4.69, 9.17) is 5.73 Å². The second-order valence-electron chi connectivity index (χ2n) is 5.63. The van der Waals surface area contributed by atoms with Gasteiger partial charge in [-0.25, -0.2) is 9.78 Å². The maximum Gasteiger partial charge on any atom is 0.314 e. The van der Waals surface area contributed by atoms with Crippen molar-refractivity contribution in [2.24, 2.45) is 5.73 Å². The van der Waals surface area contributed by atoms with Crippen LogP contribution in [0.5, 0.6) is 0 Å². The normalized spacial score (nSPS) is 18.0. The van der Waals surface area contributed by atoms with Crippen LogP contribution in [-0.4, -0.2) is 40.0 Å². The first kappa shape index (κ1) is 13.9. The zero-order valence-corrected chi connectivity index (χ0v) is 12.2. The minimum Gasteiger partial charge on any atom is -0.351 e. The van der Waals surface area contributed by atoms with Gasteiger partial charge in [0, 0.05) is 19.1 Å². The van der Waals surface area contributed by atoms with Gasteiger partial charge in [-0.2, -0.15) is 0 Å². The number of hydrogen-bond donors (Lipinski definition) is 3. The summed E-state index contributed by atoms with van der Waals surface area (Å²) in [7, 11) is 0. The molecule has 6 nitrogen and oxygen atoms in total. The third kappa shape index (κ3) is 3.00. The summed E-state index contributed by atoms with van der Waals surface area (Å²) < 4.78 is 0. The maximum atomic E-state index is 11.1. The van der Waals surface area contributed by atoms with Crippen molar-refractivity contribution < 1.29 is 4.79 Å². The number of amides is 2. The van der Waals surface area contributed by atoms with Crippen molar-refractivity contribution in [3.63, 3.8) is 0 Å². The lowest BCUT2D eigenvalue weighted by Gasteiger charge is -2.32. The molecule has 1 aromatic carbocycles. The number of carbonyl (C=O) groups excluding carboxylic acids is 1. The Balaban J connectivity index is 1.61. The predicted molar refractivity (Wildman–Crippen MR) is 81.8 cm³/mol. The number of likely N-dealkylation sites (tertiary alicyclic amines) is 1. The molecule has 1 aliphatic rings. The number of aromatic amines is 1. The van der Waals surface area contributed by atoms with Gasteiger partial charge in [0.2, 0.25) is 0 Å². The highest BCUT2D eigenvalue weighted by Crippen LogP contribution is 2.18. The van der Waals surface area contributed by atoms with E-state index in [1.807, 2.05) is 24.3 Å². The molecule has 0 spiro atoms. The summed E-state index contributed by atoms with van der Waals surface area (Å²) in [5.41, 5.74) is 7.35. The molecule has 0 bridgehead atoms. The van der Waals surface area contributed by atoms with Gasteiger partial charge in [0.25, 0.3) is 0 Å². The highest BCUT2D eigenvalue weighted by molar-refractivity contribution is 5.74. The molecule has 0 saturated carbocycles. The number of fused-ring (bicyclic) bond motifs is 1. The minimum absolute atomic E-state index is 0.155. The molecule has 1 aliphatic heterocycles. The Morgan fingerprint density at radius 3 is 2.81 bits per heavy atom. The fraction of sp³-hybridized carbons (Fsp3) is 0.467. The number of imidazole rings is 1. The van der Waals surface area contributed by atoms with Gasteiger partial charge in [0.05, 0.1) is 17.1 Å². The van der Waals surface area contributed by atoms with E-state index in [0.29, 0.717) is 6.04 Å². The molecule has 1 aromatic heterocycles. The number of urea groups is 1. The van der Waals surface area contributed by atoms with Gasteiger partial charge in [-0.3, -0.25) is 0 Å². The van der Waals surface area contributed by atoms with Crippen molar-refractivity contribution in [2.75, 3.05) is 13.1 Å². The van der Waals surface area contributed by atoms with E-state index in [1.165, 1.54) is 0 Å². The Kier molecular flexibility index (Phi) is 3.79. The predicted octanol–water partition coefficient (Wildman–Crippen LogP) is 1.76. The van der Waals surface area contributed by atoms with Gasteiger partial charge in [-0.15, -0.1) is 0 Å². The summed E-state index contributed by atoms with van der Waals surface area (Å²) in [5, 5.41) is 3.58. The number of piperidine rings is 1. The van der Waals surface area contributed by atoms with Crippen LogP contribution in [0, 0.1) is 0 Å². The quantitative estimate of drug-likeness (QED) is 0.804. The first-order valence-corrected chi connectivity index (χ1v) is 7.38. The van der Waals surface area contributed by atoms with Crippen LogP contribution in [0.2, 0.25) is 0 Å². The Labute approximate surface area is 123 Å². The van der Waals surface area contributed by atoms with Gasteiger partial charge < -0.3 is 20.9 Å². The molecule has 4 N–H and O–H groups in total. The molecular weight excluding hydrogens is 266 g/mol. The van der Waals surface area contributed by atoms with E-state index in [9.17, 15) is 4.79 Å². The number of H-pyrrole nitrogens is 1. The highest BCUT2D eigenvalue weighted by Gasteiger charge is 2.23. The highest BCUT2D eigenvalue weighted by atomic mass is 16.2. The van der Waals surface area contributed by atoms with Gasteiger partial charge in [0.1, 0.15) is 5.82 Å². The lowest BCUT2D eigenvalue weighted by atomic mass is 10.0. The van der Waals surface area contributed by atoms with Gasteiger partial charge in [-0.05, 0) is 31.9 Å². The summed E-state index contributed by atoms with van der Waals surface area (Å²) >= 11 is 0. The molecule has 112 valence electrons. The molecule has 2 heterocycles. The van der Waals surface area contributed by atoms with Gasteiger partial charge >= 0.3 is 6.03 Å². The van der Waals surface area contributed by atoms with Gasteiger partial charge in [-0.1, -0.05) is 12.1 Å². The first-order valence-electron chi connectivity index (χ1n) is 7.38. The zero-order chi connectivity index (χ0) is 14.8. The fourth-order valence-electron chi connectivity index (χ4n) is 2.88. The average molecular weight is 287 g/mol. The average Bonchev–Trinajstić information content (AvgIpc) is 2.92. The summed E-state index contributed by atoms with van der Waals surface area (Å²) in [6.07, 6.45) is 1.85. The summed E-state index contributed by atoms with van der Waals surface area (Å²) in [6, 6.07) is 8.26. The van der Waals surface area contributed by atoms with Crippen LogP contribution >= 0.6 is 0 Å². The monoisotopic (exact) mass is 287 g/mol. The van der Waals surface area contributed by atoms with Crippen LogP contribution in [0.1, 0.15) is 31.6 Å². The molecule has 1 unspecified atom stereocenters. The lowest BCUT2D eigenvalue weighted by Crippen LogP contribution is -2.47. The Morgan fingerprint density at radius 1 is 1.43 bits per heavy atom. The molecule has 0 aliphatic carbocycles. The third-order valence-electron chi connectivity index (χ3n) is 4.11. The first-order chi connectivity index (χ1) is 10.1. The van der Waals surface area contributed by atoms with Crippen molar-refractivity contribution in [2.45, 2.75) is 31.8 Å². The number of benzene rings is 1. The van der Waals surface area contributed by atoms with Crippen molar-refractivity contribution in [3.8, 4) is 0 Å². The van der Waals surface area contributed by atoms with E-state index < -0.39 is 0 Å². The number of rotatable bonds is 3. The standard InChI is InChI=1S/C15H21N5O/c1-10(14-18-12-4-2-3-5-13(12)19-14)17-11-6-8-20(9-7-11)15(16)21/h2-5,10-11,17H,6-9H2,1H3,(H2,16,21)(H,18,19). The van der Waals surface area contributed by atoms with E-state index in [0.717, 1.165) is 42.8 Å². The van der Waals surface area contributed by atoms with Crippen LogP contribution in [0.15, 0.2) is 24.3 Å². The molecule has 1 fully saturated rings. The molecule has 21 heavy (non-hydrogen) atoms. The van der Waals surface area contributed by atoms with Crippen molar-refractivity contribution in [1.29, 1.82) is 0 Å². The second kappa shape index (κ2) is 5.73. The maximum absolute atomic E-state index is 11.1. The Morgan fingerprint density at radius 2 is 2.14 bits per heavy atom. The summed E-state index contributed by atoms with van der Waals surface area (Å²) in [6.45, 7) is 3.55. The topological polar surface area (TPSA) is 87.0 Å². The number of para-hydroxylation sites is 2. The van der Waals surface area contributed by atoms with E-state index in [-0.39, 0.29) is 12.1 Å².